The van der Waals surface area contributed by atoms with Crippen molar-refractivity contribution in [2.24, 2.45) is 11.3 Å². The number of Topliss-reactive ketones (excluding diaryl/α,β-unsaturated/α-hetero) is 1. The van der Waals surface area contributed by atoms with Crippen LogP contribution in [0.3, 0.4) is 0 Å². The molecule has 16 heavy (non-hydrogen) atoms. The van der Waals surface area contributed by atoms with Crippen LogP contribution in [-0.2, 0) is 19.1 Å². The van der Waals surface area contributed by atoms with Crippen LogP contribution in [0.1, 0.15) is 33.6 Å². The average Bonchev–Trinajstić information content (AvgIpc) is 2.42. The number of esters is 1. The first-order valence-electron chi connectivity index (χ1n) is 5.73. The number of rotatable bonds is 2. The highest BCUT2D eigenvalue weighted by molar-refractivity contribution is 6.02. The second-order valence-corrected chi connectivity index (χ2v) is 5.52. The lowest BCUT2D eigenvalue weighted by Gasteiger charge is -2.51. The first-order chi connectivity index (χ1) is 7.40. The highest BCUT2D eigenvalue weighted by Gasteiger charge is 2.63. The minimum atomic E-state index is -0.694. The molecule has 90 valence electrons. The Balaban J connectivity index is 2.15. The highest BCUT2D eigenvalue weighted by atomic mass is 16.5. The largest absolute Gasteiger partial charge is 0.465 e. The van der Waals surface area contributed by atoms with Crippen molar-refractivity contribution in [2.45, 2.75) is 39.2 Å². The second kappa shape index (κ2) is 3.55. The summed E-state index contributed by atoms with van der Waals surface area (Å²) < 4.78 is 10.5. The molecule has 4 heteroatoms. The molecule has 0 amide bonds. The molecule has 1 heterocycles. The highest BCUT2D eigenvalue weighted by Crippen LogP contribution is 2.56. The maximum Gasteiger partial charge on any atom is 0.319 e. The van der Waals surface area contributed by atoms with Gasteiger partial charge in [-0.05, 0) is 25.2 Å². The van der Waals surface area contributed by atoms with Crippen LogP contribution in [0.5, 0.6) is 0 Å². The predicted molar refractivity (Wildman–Crippen MR) is 56.8 cm³/mol. The third-order valence-corrected chi connectivity index (χ3v) is 3.43. The summed E-state index contributed by atoms with van der Waals surface area (Å²) in [5, 5.41) is 0. The lowest BCUT2D eigenvalue weighted by Crippen LogP contribution is -2.56. The topological polar surface area (TPSA) is 52.6 Å². The summed E-state index contributed by atoms with van der Waals surface area (Å²) in [7, 11) is 0. The molecule has 0 bridgehead atoms. The van der Waals surface area contributed by atoms with Crippen LogP contribution >= 0.6 is 0 Å². The molecule has 0 aromatic rings. The fourth-order valence-corrected chi connectivity index (χ4v) is 3.12. The van der Waals surface area contributed by atoms with E-state index in [9.17, 15) is 9.59 Å². The Labute approximate surface area is 95.3 Å². The molecular weight excluding hydrogens is 208 g/mol. The number of carbonyl (C=O) groups is 2. The van der Waals surface area contributed by atoms with E-state index in [1.54, 1.807) is 6.92 Å². The molecule has 1 saturated carbocycles. The van der Waals surface area contributed by atoms with Gasteiger partial charge >= 0.3 is 5.97 Å². The molecule has 1 unspecified atom stereocenters. The van der Waals surface area contributed by atoms with E-state index in [2.05, 4.69) is 13.8 Å². The van der Waals surface area contributed by atoms with Gasteiger partial charge < -0.3 is 9.47 Å². The van der Waals surface area contributed by atoms with Gasteiger partial charge in [-0.2, -0.15) is 0 Å². The van der Waals surface area contributed by atoms with Crippen LogP contribution in [0, 0.1) is 11.3 Å². The van der Waals surface area contributed by atoms with Gasteiger partial charge in [0.2, 0.25) is 0 Å². The molecule has 0 N–H and O–H groups in total. The zero-order valence-electron chi connectivity index (χ0n) is 10.0. The summed E-state index contributed by atoms with van der Waals surface area (Å²) >= 11 is 0. The molecule has 1 aliphatic heterocycles. The van der Waals surface area contributed by atoms with Crippen molar-refractivity contribution >= 4 is 11.8 Å². The van der Waals surface area contributed by atoms with E-state index < -0.39 is 17.5 Å². The SMILES string of the molecule is CCOC(=O)C1C(=O)COC12CC(C)(C)C2. The molecule has 4 nitrogen and oxygen atoms in total. The van der Waals surface area contributed by atoms with Gasteiger partial charge in [-0.3, -0.25) is 9.59 Å². The van der Waals surface area contributed by atoms with E-state index in [0.29, 0.717) is 6.61 Å². The quantitative estimate of drug-likeness (QED) is 0.526. The third-order valence-electron chi connectivity index (χ3n) is 3.43. The maximum atomic E-state index is 11.8. The molecule has 0 aromatic carbocycles. The van der Waals surface area contributed by atoms with Crippen LogP contribution < -0.4 is 0 Å². The van der Waals surface area contributed by atoms with E-state index in [-0.39, 0.29) is 17.8 Å². The summed E-state index contributed by atoms with van der Waals surface area (Å²) in [6.07, 6.45) is 1.52. The number of ketones is 1. The predicted octanol–water partition coefficient (Wildman–Crippen LogP) is 1.32. The number of hydrogen-bond acceptors (Lipinski definition) is 4. The Morgan fingerprint density at radius 1 is 1.50 bits per heavy atom. The van der Waals surface area contributed by atoms with Crippen LogP contribution in [-0.4, -0.2) is 30.6 Å². The third kappa shape index (κ3) is 1.65. The minimum absolute atomic E-state index is 0.0551. The van der Waals surface area contributed by atoms with Crippen molar-refractivity contribution in [3.05, 3.63) is 0 Å². The zero-order chi connectivity index (χ0) is 12.0. The van der Waals surface area contributed by atoms with E-state index in [1.165, 1.54) is 0 Å². The van der Waals surface area contributed by atoms with Gasteiger partial charge in [0.25, 0.3) is 0 Å². The van der Waals surface area contributed by atoms with Gasteiger partial charge in [-0.1, -0.05) is 13.8 Å². The smallest absolute Gasteiger partial charge is 0.319 e. The molecular formula is C12H18O4. The molecule has 1 atom stereocenters. The first-order valence-corrected chi connectivity index (χ1v) is 5.73. The van der Waals surface area contributed by atoms with Crippen LogP contribution in [0.25, 0.3) is 0 Å². The van der Waals surface area contributed by atoms with Gasteiger partial charge in [0.15, 0.2) is 5.78 Å². The molecule has 0 aromatic heterocycles. The van der Waals surface area contributed by atoms with Gasteiger partial charge in [-0.15, -0.1) is 0 Å². The summed E-state index contributed by atoms with van der Waals surface area (Å²) in [5.41, 5.74) is -0.401. The molecule has 0 radical (unpaired) electrons. The average molecular weight is 226 g/mol. The monoisotopic (exact) mass is 226 g/mol. The maximum absolute atomic E-state index is 11.8. The van der Waals surface area contributed by atoms with E-state index in [0.717, 1.165) is 12.8 Å². The van der Waals surface area contributed by atoms with Crippen molar-refractivity contribution in [3.8, 4) is 0 Å². The van der Waals surface area contributed by atoms with Gasteiger partial charge in [0, 0.05) is 0 Å². The molecule has 2 fully saturated rings. The second-order valence-electron chi connectivity index (χ2n) is 5.52. The normalized spacial score (nSPS) is 30.2. The Morgan fingerprint density at radius 3 is 2.62 bits per heavy atom. The summed E-state index contributed by atoms with van der Waals surface area (Å²) in [6.45, 7) is 6.34. The lowest BCUT2D eigenvalue weighted by molar-refractivity contribution is -0.176. The standard InChI is InChI=1S/C12H18O4/c1-4-15-10(14)9-8(13)5-16-12(9)6-11(2,3)7-12/h9H,4-7H2,1-3H3. The van der Waals surface area contributed by atoms with Gasteiger partial charge in [-0.25, -0.2) is 0 Å². The summed E-state index contributed by atoms with van der Waals surface area (Å²) in [4.78, 5) is 23.4. The molecule has 1 aliphatic carbocycles. The van der Waals surface area contributed by atoms with Crippen molar-refractivity contribution in [1.29, 1.82) is 0 Å². The van der Waals surface area contributed by atoms with Gasteiger partial charge in [0.1, 0.15) is 12.5 Å². The number of ether oxygens (including phenoxy) is 2. The number of hydrogen-bond donors (Lipinski definition) is 0. The molecule has 2 aliphatic rings. The fraction of sp³-hybridized carbons (Fsp3) is 0.833. The fourth-order valence-electron chi connectivity index (χ4n) is 3.12. The van der Waals surface area contributed by atoms with Crippen molar-refractivity contribution in [2.75, 3.05) is 13.2 Å². The van der Waals surface area contributed by atoms with Crippen molar-refractivity contribution in [1.82, 2.24) is 0 Å². The van der Waals surface area contributed by atoms with Gasteiger partial charge in [0.05, 0.1) is 12.2 Å². The first kappa shape index (κ1) is 11.6. The van der Waals surface area contributed by atoms with Crippen molar-refractivity contribution < 1.29 is 19.1 Å². The Hall–Kier alpha value is -0.900. The Bertz CT molecular complexity index is 324. The molecule has 2 rings (SSSR count). The van der Waals surface area contributed by atoms with E-state index >= 15 is 0 Å². The zero-order valence-corrected chi connectivity index (χ0v) is 10.0. The lowest BCUT2D eigenvalue weighted by atomic mass is 9.57. The Morgan fingerprint density at radius 2 is 2.12 bits per heavy atom. The molecule has 1 saturated heterocycles. The summed E-state index contributed by atoms with van der Waals surface area (Å²) in [5.74, 6) is -1.24. The summed E-state index contributed by atoms with van der Waals surface area (Å²) in [6, 6.07) is 0. The van der Waals surface area contributed by atoms with E-state index in [1.807, 2.05) is 0 Å². The van der Waals surface area contributed by atoms with Crippen molar-refractivity contribution in [3.63, 3.8) is 0 Å². The number of carbonyl (C=O) groups excluding carboxylic acids is 2. The van der Waals surface area contributed by atoms with Crippen LogP contribution in [0.4, 0.5) is 0 Å². The molecule has 1 spiro atoms. The minimum Gasteiger partial charge on any atom is -0.465 e. The van der Waals surface area contributed by atoms with Crippen LogP contribution in [0.2, 0.25) is 0 Å². The van der Waals surface area contributed by atoms with E-state index in [4.69, 9.17) is 9.47 Å². The van der Waals surface area contributed by atoms with Crippen LogP contribution in [0.15, 0.2) is 0 Å². The Kier molecular flexibility index (Phi) is 2.57.